The monoisotopic (exact) mass is 423 g/mol. The molecule has 4 rings (SSSR count). The standard InChI is InChI=1S/C21H21N5OS2/c1-15(12-16-4-2-10-28-16)21(27)24-8-9-26-20(19-5-3-11-29-19)17(13-25-26)18-14-22-6-7-23-18/h2-7,10-11,13-15H,8-9,12H2,1H3,(H,24,27)/t15-/m1/s1. The molecule has 1 amide bonds. The Kier molecular flexibility index (Phi) is 6.12. The van der Waals surface area contributed by atoms with Crippen molar-refractivity contribution in [3.05, 3.63) is 64.7 Å². The van der Waals surface area contributed by atoms with E-state index < -0.39 is 0 Å². The van der Waals surface area contributed by atoms with E-state index in [0.29, 0.717) is 13.1 Å². The molecule has 8 heteroatoms. The van der Waals surface area contributed by atoms with Gasteiger partial charge < -0.3 is 5.32 Å². The molecule has 0 spiro atoms. The zero-order valence-corrected chi connectivity index (χ0v) is 17.6. The smallest absolute Gasteiger partial charge is 0.223 e. The number of carbonyl (C=O) groups excluding carboxylic acids is 1. The zero-order chi connectivity index (χ0) is 20.1. The van der Waals surface area contributed by atoms with Crippen LogP contribution in [0.3, 0.4) is 0 Å². The quantitative estimate of drug-likeness (QED) is 0.463. The van der Waals surface area contributed by atoms with Gasteiger partial charge in [-0.1, -0.05) is 19.1 Å². The van der Waals surface area contributed by atoms with Gasteiger partial charge in [0, 0.05) is 35.3 Å². The van der Waals surface area contributed by atoms with Gasteiger partial charge in [0.15, 0.2) is 0 Å². The van der Waals surface area contributed by atoms with E-state index >= 15 is 0 Å². The molecule has 1 atom stereocenters. The van der Waals surface area contributed by atoms with Crippen molar-refractivity contribution in [2.75, 3.05) is 6.54 Å². The molecule has 4 aromatic rings. The van der Waals surface area contributed by atoms with Gasteiger partial charge in [0.05, 0.1) is 35.2 Å². The molecule has 29 heavy (non-hydrogen) atoms. The van der Waals surface area contributed by atoms with Crippen molar-refractivity contribution in [2.45, 2.75) is 19.9 Å². The molecular weight excluding hydrogens is 402 g/mol. The molecule has 0 aromatic carbocycles. The van der Waals surface area contributed by atoms with Crippen LogP contribution in [0.15, 0.2) is 59.8 Å². The van der Waals surface area contributed by atoms with Crippen LogP contribution in [0.25, 0.3) is 21.8 Å². The van der Waals surface area contributed by atoms with Crippen molar-refractivity contribution in [3.8, 4) is 21.8 Å². The largest absolute Gasteiger partial charge is 0.354 e. The molecule has 0 fully saturated rings. The predicted molar refractivity (Wildman–Crippen MR) is 117 cm³/mol. The lowest BCUT2D eigenvalue weighted by molar-refractivity contribution is -0.124. The summed E-state index contributed by atoms with van der Waals surface area (Å²) in [5.74, 6) is 0.00979. The van der Waals surface area contributed by atoms with Gasteiger partial charge in [-0.25, -0.2) is 0 Å². The predicted octanol–water partition coefficient (Wildman–Crippen LogP) is 4.13. The fraction of sp³-hybridized carbons (Fsp3) is 0.238. The maximum atomic E-state index is 12.4. The van der Waals surface area contributed by atoms with Crippen molar-refractivity contribution in [1.29, 1.82) is 0 Å². The minimum atomic E-state index is -0.0572. The number of thiophene rings is 2. The molecule has 0 aliphatic rings. The maximum absolute atomic E-state index is 12.4. The summed E-state index contributed by atoms with van der Waals surface area (Å²) in [5.41, 5.74) is 2.73. The first-order chi connectivity index (χ1) is 14.2. The molecule has 0 saturated carbocycles. The summed E-state index contributed by atoms with van der Waals surface area (Å²) in [5, 5.41) is 11.7. The van der Waals surface area contributed by atoms with Gasteiger partial charge in [-0.3, -0.25) is 19.4 Å². The first-order valence-corrected chi connectivity index (χ1v) is 11.1. The Morgan fingerprint density at radius 3 is 2.76 bits per heavy atom. The Labute approximate surface area is 177 Å². The third kappa shape index (κ3) is 4.60. The van der Waals surface area contributed by atoms with E-state index in [0.717, 1.165) is 28.2 Å². The summed E-state index contributed by atoms with van der Waals surface area (Å²) < 4.78 is 1.93. The molecule has 6 nitrogen and oxygen atoms in total. The summed E-state index contributed by atoms with van der Waals surface area (Å²) in [6.07, 6.45) is 7.67. The fourth-order valence-electron chi connectivity index (χ4n) is 3.14. The normalized spacial score (nSPS) is 12.0. The van der Waals surface area contributed by atoms with E-state index in [9.17, 15) is 4.79 Å². The average Bonchev–Trinajstić information content (AvgIpc) is 3.50. The second-order valence-electron chi connectivity index (χ2n) is 6.67. The molecule has 0 saturated heterocycles. The van der Waals surface area contributed by atoms with Gasteiger partial charge in [0.1, 0.15) is 0 Å². The van der Waals surface area contributed by atoms with Gasteiger partial charge in [0.25, 0.3) is 0 Å². The molecule has 148 valence electrons. The number of nitrogens with zero attached hydrogens (tertiary/aromatic N) is 4. The van der Waals surface area contributed by atoms with Crippen LogP contribution in [0.1, 0.15) is 11.8 Å². The van der Waals surface area contributed by atoms with Gasteiger partial charge >= 0.3 is 0 Å². The highest BCUT2D eigenvalue weighted by atomic mass is 32.1. The average molecular weight is 424 g/mol. The Morgan fingerprint density at radius 2 is 2.03 bits per heavy atom. The van der Waals surface area contributed by atoms with Crippen LogP contribution >= 0.6 is 22.7 Å². The molecule has 0 aliphatic carbocycles. The number of hydrogen-bond donors (Lipinski definition) is 1. The topological polar surface area (TPSA) is 72.7 Å². The molecule has 1 N–H and O–H groups in total. The first kappa shape index (κ1) is 19.5. The highest BCUT2D eigenvalue weighted by molar-refractivity contribution is 7.13. The molecule has 0 unspecified atom stereocenters. The van der Waals surface area contributed by atoms with Gasteiger partial charge in [-0.05, 0) is 29.3 Å². The summed E-state index contributed by atoms with van der Waals surface area (Å²) in [6, 6.07) is 8.17. The SMILES string of the molecule is C[C@H](Cc1cccs1)C(=O)NCCn1ncc(-c2cnccn2)c1-c1cccs1. The second-order valence-corrected chi connectivity index (χ2v) is 8.65. The van der Waals surface area contributed by atoms with E-state index in [1.807, 2.05) is 40.7 Å². The van der Waals surface area contributed by atoms with E-state index in [-0.39, 0.29) is 11.8 Å². The highest BCUT2D eigenvalue weighted by Crippen LogP contribution is 2.33. The Balaban J connectivity index is 1.45. The van der Waals surface area contributed by atoms with Crippen molar-refractivity contribution in [2.24, 2.45) is 5.92 Å². The number of aromatic nitrogens is 4. The summed E-state index contributed by atoms with van der Waals surface area (Å²) in [7, 11) is 0. The molecule has 4 aromatic heterocycles. The molecular formula is C21H21N5OS2. The lowest BCUT2D eigenvalue weighted by Gasteiger charge is -2.13. The maximum Gasteiger partial charge on any atom is 0.223 e. The van der Waals surface area contributed by atoms with Gasteiger partial charge in [0.2, 0.25) is 5.91 Å². The van der Waals surface area contributed by atoms with Crippen molar-refractivity contribution >= 4 is 28.6 Å². The minimum absolute atomic E-state index is 0.0572. The van der Waals surface area contributed by atoms with Crippen molar-refractivity contribution < 1.29 is 4.79 Å². The number of nitrogens with one attached hydrogen (secondary N) is 1. The molecule has 0 aliphatic heterocycles. The third-order valence-electron chi connectivity index (χ3n) is 4.59. The minimum Gasteiger partial charge on any atom is -0.354 e. The summed E-state index contributed by atoms with van der Waals surface area (Å²) in [4.78, 5) is 23.4. The van der Waals surface area contributed by atoms with Crippen LogP contribution in [0.5, 0.6) is 0 Å². The Hall–Kier alpha value is -2.84. The first-order valence-electron chi connectivity index (χ1n) is 9.38. The number of carbonyl (C=O) groups is 1. The van der Waals surface area contributed by atoms with Crippen LogP contribution in [-0.4, -0.2) is 32.2 Å². The lowest BCUT2D eigenvalue weighted by atomic mass is 10.1. The van der Waals surface area contributed by atoms with E-state index in [2.05, 4.69) is 32.5 Å². The van der Waals surface area contributed by atoms with E-state index in [1.165, 1.54) is 4.88 Å². The summed E-state index contributed by atoms with van der Waals surface area (Å²) in [6.45, 7) is 3.07. The van der Waals surface area contributed by atoms with Crippen LogP contribution < -0.4 is 5.32 Å². The van der Waals surface area contributed by atoms with Crippen molar-refractivity contribution in [3.63, 3.8) is 0 Å². The van der Waals surface area contributed by atoms with E-state index in [1.54, 1.807) is 41.3 Å². The summed E-state index contributed by atoms with van der Waals surface area (Å²) >= 11 is 3.34. The van der Waals surface area contributed by atoms with E-state index in [4.69, 9.17) is 0 Å². The van der Waals surface area contributed by atoms with Crippen molar-refractivity contribution in [1.82, 2.24) is 25.1 Å². The molecule has 4 heterocycles. The highest BCUT2D eigenvalue weighted by Gasteiger charge is 2.18. The lowest BCUT2D eigenvalue weighted by Crippen LogP contribution is -2.32. The number of rotatable bonds is 8. The second kappa shape index (κ2) is 9.11. The van der Waals surface area contributed by atoms with Crippen LogP contribution in [0.2, 0.25) is 0 Å². The Morgan fingerprint density at radius 1 is 1.17 bits per heavy atom. The third-order valence-corrected chi connectivity index (χ3v) is 6.37. The number of amides is 1. The van der Waals surface area contributed by atoms with Gasteiger partial charge in [-0.15, -0.1) is 22.7 Å². The van der Waals surface area contributed by atoms with Crippen LogP contribution in [-0.2, 0) is 17.8 Å². The van der Waals surface area contributed by atoms with Gasteiger partial charge in [-0.2, -0.15) is 5.10 Å². The zero-order valence-electron chi connectivity index (χ0n) is 16.0. The van der Waals surface area contributed by atoms with Crippen LogP contribution in [0, 0.1) is 5.92 Å². The number of hydrogen-bond acceptors (Lipinski definition) is 6. The molecule has 0 bridgehead atoms. The Bertz CT molecular complexity index is 1040. The van der Waals surface area contributed by atoms with Crippen LogP contribution in [0.4, 0.5) is 0 Å². The molecule has 0 radical (unpaired) electrons. The fourth-order valence-corrected chi connectivity index (χ4v) is 4.76.